The Balaban J connectivity index is 1.65. The van der Waals surface area contributed by atoms with Gasteiger partial charge in [-0.2, -0.15) is 13.2 Å². The molecule has 3 aromatic rings. The van der Waals surface area contributed by atoms with Gasteiger partial charge in [-0.15, -0.1) is 0 Å². The standard InChI is InChI=1S/C29H33F4N7O3/c1-6-28(41)37-21-14-22(25(42-5)15-24(21)39(4)9-8-38(2)3)36-26-16-27(35-17-34-26)40-23(7-10-43-40)18-11-19(29(31,32)33)13-20(30)12-18/h6,11-17,23H,1,7-10H2,2-5H3,(H,37,41)(H,34,35,36). The lowest BCUT2D eigenvalue weighted by molar-refractivity contribution is -0.137. The minimum absolute atomic E-state index is 0.108. The maximum absolute atomic E-state index is 14.2. The van der Waals surface area contributed by atoms with Crippen LogP contribution in [0.15, 0.2) is 55.4 Å². The Morgan fingerprint density at radius 3 is 2.58 bits per heavy atom. The Labute approximate surface area is 246 Å². The van der Waals surface area contributed by atoms with E-state index in [1.54, 1.807) is 18.2 Å². The summed E-state index contributed by atoms with van der Waals surface area (Å²) in [5, 5.41) is 7.33. The molecule has 2 heterocycles. The number of anilines is 5. The molecule has 1 saturated heterocycles. The van der Waals surface area contributed by atoms with Crippen LogP contribution < -0.4 is 25.3 Å². The van der Waals surface area contributed by atoms with Crippen molar-refractivity contribution >= 4 is 34.6 Å². The van der Waals surface area contributed by atoms with Crippen LogP contribution in [0.1, 0.15) is 23.6 Å². The highest BCUT2D eigenvalue weighted by atomic mass is 19.4. The molecule has 1 aromatic heterocycles. The second kappa shape index (κ2) is 13.3. The Bertz CT molecular complexity index is 1470. The van der Waals surface area contributed by atoms with Gasteiger partial charge in [0, 0.05) is 38.7 Å². The fraction of sp³-hybridized carbons (Fsp3) is 0.345. The van der Waals surface area contributed by atoms with Crippen LogP contribution >= 0.6 is 0 Å². The zero-order valence-corrected chi connectivity index (χ0v) is 24.2. The van der Waals surface area contributed by atoms with Crippen molar-refractivity contribution in [2.45, 2.75) is 18.6 Å². The van der Waals surface area contributed by atoms with E-state index in [2.05, 4.69) is 27.2 Å². The first-order chi connectivity index (χ1) is 20.4. The summed E-state index contributed by atoms with van der Waals surface area (Å²) in [5.74, 6) is -0.382. The number of halogens is 4. The van der Waals surface area contributed by atoms with Crippen molar-refractivity contribution in [2.75, 3.05) is 68.5 Å². The highest BCUT2D eigenvalue weighted by molar-refractivity contribution is 6.02. The lowest BCUT2D eigenvalue weighted by atomic mass is 10.0. The predicted octanol–water partition coefficient (Wildman–Crippen LogP) is 5.39. The van der Waals surface area contributed by atoms with Crippen LogP contribution in [0.25, 0.3) is 0 Å². The third-order valence-electron chi connectivity index (χ3n) is 6.73. The average Bonchev–Trinajstić information content (AvgIpc) is 3.45. The Morgan fingerprint density at radius 1 is 1.14 bits per heavy atom. The molecule has 10 nitrogen and oxygen atoms in total. The number of ether oxygens (including phenoxy) is 1. The van der Waals surface area contributed by atoms with Crippen LogP contribution in [-0.4, -0.2) is 68.7 Å². The molecule has 0 radical (unpaired) electrons. The van der Waals surface area contributed by atoms with Gasteiger partial charge in [-0.1, -0.05) is 6.58 Å². The summed E-state index contributed by atoms with van der Waals surface area (Å²) < 4.78 is 59.9. The summed E-state index contributed by atoms with van der Waals surface area (Å²) in [5.41, 5.74) is 0.704. The van der Waals surface area contributed by atoms with Gasteiger partial charge in [-0.25, -0.2) is 19.4 Å². The molecule has 230 valence electrons. The number of hydroxylamine groups is 1. The van der Waals surface area contributed by atoms with Crippen LogP contribution in [0.5, 0.6) is 5.75 Å². The van der Waals surface area contributed by atoms with Crippen LogP contribution in [0.4, 0.5) is 46.3 Å². The normalized spacial score (nSPS) is 15.0. The molecule has 1 unspecified atom stereocenters. The van der Waals surface area contributed by atoms with Crippen molar-refractivity contribution in [2.24, 2.45) is 0 Å². The second-order valence-corrected chi connectivity index (χ2v) is 10.1. The Morgan fingerprint density at radius 2 is 1.91 bits per heavy atom. The van der Waals surface area contributed by atoms with Crippen molar-refractivity contribution in [3.05, 3.63) is 72.3 Å². The van der Waals surface area contributed by atoms with E-state index in [4.69, 9.17) is 9.57 Å². The molecule has 4 rings (SSSR count). The molecule has 1 fully saturated rings. The molecule has 1 amide bonds. The molecule has 0 spiro atoms. The molecule has 1 atom stereocenters. The molecule has 1 aliphatic rings. The number of rotatable bonds is 11. The number of nitrogens with one attached hydrogen (secondary N) is 2. The zero-order chi connectivity index (χ0) is 31.3. The van der Waals surface area contributed by atoms with Gasteiger partial charge in [0.05, 0.1) is 42.4 Å². The quantitative estimate of drug-likeness (QED) is 0.221. The highest BCUT2D eigenvalue weighted by Gasteiger charge is 2.35. The number of aromatic nitrogens is 2. The number of hydrogen-bond donors (Lipinski definition) is 2. The maximum Gasteiger partial charge on any atom is 0.416 e. The summed E-state index contributed by atoms with van der Waals surface area (Å²) in [6, 6.07) is 6.73. The molecule has 0 aliphatic carbocycles. The van der Waals surface area contributed by atoms with E-state index in [0.717, 1.165) is 18.7 Å². The van der Waals surface area contributed by atoms with Crippen LogP contribution in [-0.2, 0) is 15.8 Å². The van der Waals surface area contributed by atoms with Gasteiger partial charge < -0.3 is 25.2 Å². The van der Waals surface area contributed by atoms with E-state index < -0.39 is 29.5 Å². The first-order valence-electron chi connectivity index (χ1n) is 13.3. The lowest BCUT2D eigenvalue weighted by Gasteiger charge is -2.26. The van der Waals surface area contributed by atoms with Gasteiger partial charge in [0.15, 0.2) is 5.82 Å². The first-order valence-corrected chi connectivity index (χ1v) is 13.3. The fourth-order valence-corrected chi connectivity index (χ4v) is 4.55. The molecule has 0 bridgehead atoms. The average molecular weight is 604 g/mol. The SMILES string of the molecule is C=CC(=O)Nc1cc(Nc2cc(N3OCCC3c3cc(F)cc(C(F)(F)F)c3)ncn2)c(OC)cc1N(C)CCN(C)C. The third-order valence-corrected chi connectivity index (χ3v) is 6.73. The summed E-state index contributed by atoms with van der Waals surface area (Å²) >= 11 is 0. The molecule has 0 saturated carbocycles. The van der Waals surface area contributed by atoms with E-state index in [9.17, 15) is 22.4 Å². The maximum atomic E-state index is 14.2. The molecule has 1 aliphatic heterocycles. The Hall–Kier alpha value is -4.43. The van der Waals surface area contributed by atoms with Gasteiger partial charge in [-0.3, -0.25) is 9.63 Å². The molecular weight excluding hydrogens is 570 g/mol. The molecular formula is C29H33F4N7O3. The number of carbonyl (C=O) groups excluding carboxylic acids is 1. The topological polar surface area (TPSA) is 95.1 Å². The van der Waals surface area contributed by atoms with Crippen LogP contribution in [0.3, 0.4) is 0 Å². The number of likely N-dealkylation sites (N-methyl/N-ethyl adjacent to an activating group) is 2. The van der Waals surface area contributed by atoms with E-state index in [1.165, 1.54) is 24.6 Å². The first kappa shape index (κ1) is 31.5. The second-order valence-electron chi connectivity index (χ2n) is 10.1. The minimum atomic E-state index is -4.70. The smallest absolute Gasteiger partial charge is 0.416 e. The van der Waals surface area contributed by atoms with Crippen molar-refractivity contribution in [3.8, 4) is 5.75 Å². The fourth-order valence-electron chi connectivity index (χ4n) is 4.55. The molecule has 14 heteroatoms. The summed E-state index contributed by atoms with van der Waals surface area (Å²) in [6.45, 7) is 5.16. The molecule has 2 N–H and O–H groups in total. The van der Waals surface area contributed by atoms with Crippen molar-refractivity contribution < 1.29 is 31.9 Å². The van der Waals surface area contributed by atoms with Crippen LogP contribution in [0.2, 0.25) is 0 Å². The largest absolute Gasteiger partial charge is 0.494 e. The van der Waals surface area contributed by atoms with E-state index in [1.807, 2.05) is 30.9 Å². The zero-order valence-electron chi connectivity index (χ0n) is 24.2. The van der Waals surface area contributed by atoms with Crippen molar-refractivity contribution in [1.82, 2.24) is 14.9 Å². The van der Waals surface area contributed by atoms with Crippen molar-refractivity contribution in [1.29, 1.82) is 0 Å². The lowest BCUT2D eigenvalue weighted by Crippen LogP contribution is -2.29. The summed E-state index contributed by atoms with van der Waals surface area (Å²) in [4.78, 5) is 30.5. The van der Waals surface area contributed by atoms with Gasteiger partial charge in [0.1, 0.15) is 23.7 Å². The highest BCUT2D eigenvalue weighted by Crippen LogP contribution is 2.40. The van der Waals surface area contributed by atoms with Crippen LogP contribution in [0, 0.1) is 5.82 Å². The number of hydrogen-bond acceptors (Lipinski definition) is 9. The van der Waals surface area contributed by atoms with Gasteiger partial charge in [0.2, 0.25) is 5.91 Å². The van der Waals surface area contributed by atoms with Gasteiger partial charge in [-0.05, 0) is 50.0 Å². The monoisotopic (exact) mass is 603 g/mol. The summed E-state index contributed by atoms with van der Waals surface area (Å²) in [7, 11) is 7.33. The molecule has 2 aromatic carbocycles. The number of alkyl halides is 3. The number of methoxy groups -OCH3 is 1. The third kappa shape index (κ3) is 7.70. The summed E-state index contributed by atoms with van der Waals surface area (Å²) in [6.07, 6.45) is -1.96. The number of benzene rings is 2. The minimum Gasteiger partial charge on any atom is -0.494 e. The number of carbonyl (C=O) groups is 1. The number of nitrogens with zero attached hydrogens (tertiary/aromatic N) is 5. The predicted molar refractivity (Wildman–Crippen MR) is 156 cm³/mol. The molecule has 43 heavy (non-hydrogen) atoms. The van der Waals surface area contributed by atoms with Gasteiger partial charge >= 0.3 is 6.18 Å². The van der Waals surface area contributed by atoms with Gasteiger partial charge in [0.25, 0.3) is 0 Å². The Kier molecular flexibility index (Phi) is 9.71. The van der Waals surface area contributed by atoms with E-state index in [-0.39, 0.29) is 18.0 Å². The number of amides is 1. The van der Waals surface area contributed by atoms with E-state index in [0.29, 0.717) is 47.7 Å². The van der Waals surface area contributed by atoms with Crippen molar-refractivity contribution in [3.63, 3.8) is 0 Å². The van der Waals surface area contributed by atoms with E-state index >= 15 is 0 Å².